The Hall–Kier alpha value is -10.1. The van der Waals surface area contributed by atoms with Crippen LogP contribution in [-0.4, -0.2) is 112 Å². The van der Waals surface area contributed by atoms with Gasteiger partial charge in [0.25, 0.3) is 0 Å². The number of nitrogens with one attached hydrogen (secondary N) is 7. The fourth-order valence-electron chi connectivity index (χ4n) is 12.8. The van der Waals surface area contributed by atoms with Crippen molar-refractivity contribution in [3.05, 3.63) is 258 Å². The predicted octanol–water partition coefficient (Wildman–Crippen LogP) is 4.49. The Labute approximate surface area is 554 Å². The quantitative estimate of drug-likeness (QED) is 0.0368. The molecule has 0 spiro atoms. The number of rotatable bonds is 17. The van der Waals surface area contributed by atoms with Gasteiger partial charge in [-0.2, -0.15) is 11.3 Å². The molecule has 4 aliphatic rings. The van der Waals surface area contributed by atoms with Crippen molar-refractivity contribution in [3.63, 3.8) is 0 Å². The van der Waals surface area contributed by atoms with E-state index in [9.17, 15) is 9.90 Å². The van der Waals surface area contributed by atoms with E-state index in [1.165, 1.54) is 27.7 Å². The summed E-state index contributed by atoms with van der Waals surface area (Å²) in [6.07, 6.45) is 8.96. The van der Waals surface area contributed by atoms with Gasteiger partial charge in [0.1, 0.15) is 17.2 Å². The third-order valence-electron chi connectivity index (χ3n) is 17.3. The maximum atomic E-state index is 13.4. The average Bonchev–Trinajstić information content (AvgIpc) is 1.63. The zero-order valence-corrected chi connectivity index (χ0v) is 56.1. The Morgan fingerprint density at radius 1 is 0.653 bits per heavy atom. The highest BCUT2D eigenvalue weighted by Crippen LogP contribution is 2.24. The maximum absolute atomic E-state index is 13.4. The van der Waals surface area contributed by atoms with Crippen LogP contribution in [0.4, 0.5) is 0 Å². The van der Waals surface area contributed by atoms with Crippen LogP contribution in [0.3, 0.4) is 0 Å². The van der Waals surface area contributed by atoms with Crippen molar-refractivity contribution in [1.82, 2.24) is 40.1 Å². The van der Waals surface area contributed by atoms with E-state index >= 15 is 0 Å². The first kappa shape index (κ1) is 65.0. The minimum atomic E-state index is -0.158. The fraction of sp³-hybridized carbons (Fsp3) is 0.247. The van der Waals surface area contributed by atoms with Crippen LogP contribution in [-0.2, 0) is 11.3 Å². The van der Waals surface area contributed by atoms with Gasteiger partial charge >= 0.3 is 0 Å². The van der Waals surface area contributed by atoms with E-state index in [0.29, 0.717) is 53.6 Å². The summed E-state index contributed by atoms with van der Waals surface area (Å²) < 4.78 is 22.9. The molecule has 0 saturated carbocycles. The number of benzene rings is 3. The van der Waals surface area contributed by atoms with Gasteiger partial charge in [-0.25, -0.2) is 15.0 Å². The molecule has 18 heteroatoms. The van der Waals surface area contributed by atoms with Crippen LogP contribution < -0.4 is 83.3 Å². The SMILES string of the molecule is C=CCNCC1=c2ccccc2=NC1=c1[nH]/c(=C\c2[nH]c(C)cc2C)c(OC)c1CO.CCOc1cc(=C2N=c3ccccc3=C2CCN2CCOCC2)[nH]/c1=C\c1[nH]c(C)cc1C.COc1cc(=C2N=c3ccccc3=C2C(=O)c2ccsc2)[nH]/c1=C\c1[nH]c(C)cc1C. The molecule has 3 aromatic carbocycles. The Morgan fingerprint density at radius 2 is 1.19 bits per heavy atom. The van der Waals surface area contributed by atoms with Gasteiger partial charge in [0.2, 0.25) is 0 Å². The summed E-state index contributed by atoms with van der Waals surface area (Å²) in [4.78, 5) is 51.3. The summed E-state index contributed by atoms with van der Waals surface area (Å²) in [6, 6.07) is 36.5. The molecule has 0 amide bonds. The molecule has 0 atom stereocenters. The number of Topliss-reactive ketones (excluding diaryl/α,β-unsaturated/α-hetero) is 1. The number of aryl methyl sites for hydroxylation is 6. The molecule has 95 heavy (non-hydrogen) atoms. The molecule has 7 aromatic heterocycles. The van der Waals surface area contributed by atoms with Crippen LogP contribution in [0.2, 0.25) is 0 Å². The number of ketones is 1. The zero-order chi connectivity index (χ0) is 66.3. The normalized spacial score (nSPS) is 16.4. The van der Waals surface area contributed by atoms with Gasteiger partial charge in [0, 0.05) is 117 Å². The van der Waals surface area contributed by atoms with Gasteiger partial charge in [0.15, 0.2) is 5.78 Å². The second-order valence-electron chi connectivity index (χ2n) is 24.0. The van der Waals surface area contributed by atoms with Crippen molar-refractivity contribution in [3.8, 4) is 17.2 Å². The van der Waals surface area contributed by atoms with Gasteiger partial charge in [-0.1, -0.05) is 60.7 Å². The first-order chi connectivity index (χ1) is 46.2. The number of methoxy groups -OCH3 is 2. The lowest BCUT2D eigenvalue weighted by atomic mass is 10.0. The highest BCUT2D eigenvalue weighted by atomic mass is 32.1. The standard InChI is InChI=1S/C27H32N4O2.C25H28N4O2.C25H21N3O2S/c1-4-33-26-17-25(29-24(26)16-23-18(2)15-19(3)28-23)27-21(9-10-31-11-13-32-14-12-31)20-7-5-6-8-22(20)30-27;1-5-10-26-13-18-17-8-6-7-9-20(17)28-23(18)24-19(14-30)25(31-4)22(29-24)12-21-15(2)11-16(3)27-21;1-14-10-15(2)26-19(14)11-20-22(30-3)12-21(27-20)24-23(25(29)16-8-9-31-13-16)17-6-4-5-7-18(17)28-24/h5-8,15-17,28-29H,4,9-14H2,1-3H3;5-9,11-12,26-27,29-30H,1,10,13-14H2,2-4H3;4-13,26-27H,1-3H3/b24-16-,27-25?;22-12-,24-23?;20-11-,24-21?. The molecular formula is C77H81N11O6S. The average molecular weight is 1290 g/mol. The fourth-order valence-corrected chi connectivity index (χ4v) is 13.4. The van der Waals surface area contributed by atoms with Crippen LogP contribution in [0, 0.1) is 41.5 Å². The lowest BCUT2D eigenvalue weighted by Crippen LogP contribution is -2.37. The van der Waals surface area contributed by atoms with Crippen molar-refractivity contribution in [2.45, 2.75) is 61.5 Å². The van der Waals surface area contributed by atoms with Crippen LogP contribution in [0.15, 0.2) is 148 Å². The number of hydrogen-bond donors (Lipinski definition) is 8. The molecule has 14 rings (SSSR count). The van der Waals surface area contributed by atoms with E-state index < -0.39 is 0 Å². The molecule has 486 valence electrons. The smallest absolute Gasteiger partial charge is 0.196 e. The zero-order valence-electron chi connectivity index (χ0n) is 55.3. The maximum Gasteiger partial charge on any atom is 0.196 e. The number of thiophene rings is 1. The predicted molar refractivity (Wildman–Crippen MR) is 378 cm³/mol. The number of aliphatic hydroxyl groups excluding tert-OH is 1. The molecule has 0 bridgehead atoms. The monoisotopic (exact) mass is 1290 g/mol. The van der Waals surface area contributed by atoms with E-state index in [2.05, 4.69) is 135 Å². The minimum Gasteiger partial charge on any atom is -0.494 e. The second-order valence-corrected chi connectivity index (χ2v) is 24.7. The third kappa shape index (κ3) is 14.0. The summed E-state index contributed by atoms with van der Waals surface area (Å²) in [5, 5.41) is 28.4. The molecule has 0 radical (unpaired) electrons. The van der Waals surface area contributed by atoms with Gasteiger partial charge in [-0.05, 0) is 143 Å². The van der Waals surface area contributed by atoms with E-state index in [1.54, 1.807) is 14.2 Å². The summed E-state index contributed by atoms with van der Waals surface area (Å²) in [5.74, 6) is 2.15. The van der Waals surface area contributed by atoms with Gasteiger partial charge < -0.3 is 59.3 Å². The largest absolute Gasteiger partial charge is 0.494 e. The van der Waals surface area contributed by atoms with Crippen LogP contribution >= 0.6 is 11.3 Å². The lowest BCUT2D eigenvalue weighted by Gasteiger charge is -2.26. The van der Waals surface area contributed by atoms with E-state index in [0.717, 1.165) is 166 Å². The summed E-state index contributed by atoms with van der Waals surface area (Å²) >= 11 is 1.51. The van der Waals surface area contributed by atoms with Gasteiger partial charge in [0.05, 0.1) is 111 Å². The second kappa shape index (κ2) is 29.1. The number of hydrogen-bond acceptors (Lipinski definition) is 12. The first-order valence-corrected chi connectivity index (χ1v) is 33.1. The van der Waals surface area contributed by atoms with Crippen LogP contribution in [0.1, 0.15) is 80.1 Å². The van der Waals surface area contributed by atoms with Gasteiger partial charge in [-0.3, -0.25) is 9.69 Å². The molecular weight excluding hydrogens is 1210 g/mol. The summed E-state index contributed by atoms with van der Waals surface area (Å²) in [6.45, 7) is 24.6. The number of carbonyl (C=O) groups is 1. The molecule has 4 aliphatic heterocycles. The summed E-state index contributed by atoms with van der Waals surface area (Å²) in [7, 11) is 3.27. The topological polar surface area (TPSA) is 221 Å². The van der Waals surface area contributed by atoms with E-state index in [-0.39, 0.29) is 12.4 Å². The number of carbonyl (C=O) groups excluding carboxylic acids is 1. The number of ether oxygens (including phenoxy) is 4. The molecule has 11 heterocycles. The lowest BCUT2D eigenvalue weighted by molar-refractivity contribution is 0.0390. The van der Waals surface area contributed by atoms with E-state index in [4.69, 9.17) is 33.9 Å². The third-order valence-corrected chi connectivity index (χ3v) is 18.0. The Kier molecular flexibility index (Phi) is 19.9. The van der Waals surface area contributed by atoms with E-state index in [1.807, 2.05) is 104 Å². The Balaban J connectivity index is 0.000000137. The first-order valence-electron chi connectivity index (χ1n) is 32.1. The highest BCUT2D eigenvalue weighted by molar-refractivity contribution is 7.08. The molecule has 1 saturated heterocycles. The molecule has 10 aromatic rings. The van der Waals surface area contributed by atoms with Crippen LogP contribution in [0.25, 0.3) is 52.0 Å². The molecule has 8 N–H and O–H groups in total. The van der Waals surface area contributed by atoms with Crippen molar-refractivity contribution in [2.24, 2.45) is 15.0 Å². The number of fused-ring (bicyclic) bond motifs is 3. The minimum absolute atomic E-state index is 0.0279. The molecule has 17 nitrogen and oxygen atoms in total. The number of aromatic nitrogens is 6. The number of aliphatic hydroxyl groups is 1. The summed E-state index contributed by atoms with van der Waals surface area (Å²) in [5.41, 5.74) is 16.8. The van der Waals surface area contributed by atoms with Crippen molar-refractivity contribution in [2.75, 3.05) is 66.8 Å². The molecule has 0 unspecified atom stereocenters. The van der Waals surface area contributed by atoms with Crippen molar-refractivity contribution < 1.29 is 28.8 Å². The van der Waals surface area contributed by atoms with Crippen LogP contribution in [0.5, 0.6) is 17.2 Å². The number of H-pyrrole nitrogens is 6. The Morgan fingerprint density at radius 3 is 1.74 bits per heavy atom. The Bertz CT molecular complexity index is 5380. The van der Waals surface area contributed by atoms with Crippen molar-refractivity contribution in [1.29, 1.82) is 0 Å². The number of morpholine rings is 1. The molecule has 1 fully saturated rings. The highest BCUT2D eigenvalue weighted by Gasteiger charge is 2.25. The number of para-hydroxylation sites is 3. The van der Waals surface area contributed by atoms with Crippen molar-refractivity contribution >= 4 is 69.2 Å². The molecule has 0 aliphatic carbocycles. The number of nitrogens with zero attached hydrogens (tertiary/aromatic N) is 4. The van der Waals surface area contributed by atoms with Gasteiger partial charge in [-0.15, -0.1) is 6.58 Å². The number of aromatic amines is 6.